The number of anilines is 1. The summed E-state index contributed by atoms with van der Waals surface area (Å²) in [6.07, 6.45) is 3.35. The molecule has 1 aromatic heterocycles. The number of ether oxygens (including phenoxy) is 1. The van der Waals surface area contributed by atoms with Crippen molar-refractivity contribution in [3.8, 4) is 0 Å². The van der Waals surface area contributed by atoms with E-state index in [1.54, 1.807) is 11.3 Å². The molecular formula is C16H26IN5OS. The predicted molar refractivity (Wildman–Crippen MR) is 108 cm³/mol. The summed E-state index contributed by atoms with van der Waals surface area (Å²) in [5.74, 6) is 1.26. The van der Waals surface area contributed by atoms with Crippen molar-refractivity contribution in [1.29, 1.82) is 0 Å². The van der Waals surface area contributed by atoms with Crippen LogP contribution >= 0.6 is 35.3 Å². The van der Waals surface area contributed by atoms with Gasteiger partial charge in [0, 0.05) is 55.7 Å². The minimum Gasteiger partial charge on any atom is -0.377 e. The average molecular weight is 463 g/mol. The molecule has 1 saturated carbocycles. The molecule has 2 N–H and O–H groups in total. The summed E-state index contributed by atoms with van der Waals surface area (Å²) in [5, 5.41) is 3.13. The van der Waals surface area contributed by atoms with E-state index in [1.165, 1.54) is 0 Å². The molecule has 3 heterocycles. The molecule has 24 heavy (non-hydrogen) atoms. The second kappa shape index (κ2) is 6.95. The highest BCUT2D eigenvalue weighted by atomic mass is 127. The second-order valence-electron chi connectivity index (χ2n) is 7.29. The number of nitrogens with zero attached hydrogens (tertiary/aromatic N) is 4. The van der Waals surface area contributed by atoms with E-state index in [0.29, 0.717) is 24.0 Å². The summed E-state index contributed by atoms with van der Waals surface area (Å²) in [6, 6.07) is 0.298. The molecule has 0 aromatic carbocycles. The van der Waals surface area contributed by atoms with Crippen LogP contribution in [0.5, 0.6) is 0 Å². The zero-order valence-corrected chi connectivity index (χ0v) is 17.4. The number of hydrogen-bond donors (Lipinski definition) is 1. The molecule has 0 spiro atoms. The van der Waals surface area contributed by atoms with Gasteiger partial charge in [0.25, 0.3) is 0 Å². The van der Waals surface area contributed by atoms with Crippen LogP contribution in [-0.4, -0.2) is 60.8 Å². The van der Waals surface area contributed by atoms with Crippen LogP contribution in [0.25, 0.3) is 0 Å². The van der Waals surface area contributed by atoms with Gasteiger partial charge in [-0.05, 0) is 6.42 Å². The minimum atomic E-state index is 0. The van der Waals surface area contributed by atoms with Crippen molar-refractivity contribution in [3.63, 3.8) is 0 Å². The van der Waals surface area contributed by atoms with Gasteiger partial charge >= 0.3 is 0 Å². The lowest BCUT2D eigenvalue weighted by Crippen LogP contribution is -2.60. The molecule has 1 aromatic rings. The third-order valence-corrected chi connectivity index (χ3v) is 6.44. The predicted octanol–water partition coefficient (Wildman–Crippen LogP) is 2.01. The molecule has 3 atom stereocenters. The zero-order chi connectivity index (χ0) is 16.0. The van der Waals surface area contributed by atoms with Gasteiger partial charge in [-0.2, -0.15) is 0 Å². The first-order chi connectivity index (χ1) is 11.1. The van der Waals surface area contributed by atoms with Crippen LogP contribution in [0.4, 0.5) is 5.13 Å². The summed E-state index contributed by atoms with van der Waals surface area (Å²) < 4.78 is 5.84. The Kier molecular flexibility index (Phi) is 5.27. The number of aliphatic imine (C=N–C) groups is 1. The van der Waals surface area contributed by atoms with E-state index >= 15 is 0 Å². The highest BCUT2D eigenvalue weighted by Crippen LogP contribution is 2.53. The van der Waals surface area contributed by atoms with Gasteiger partial charge in [0.05, 0.1) is 12.1 Å². The van der Waals surface area contributed by atoms with Gasteiger partial charge in [-0.1, -0.05) is 13.8 Å². The van der Waals surface area contributed by atoms with Gasteiger partial charge in [0.2, 0.25) is 0 Å². The Balaban J connectivity index is 0.00000169. The van der Waals surface area contributed by atoms with E-state index in [2.05, 4.69) is 28.6 Å². The fraction of sp³-hybridized carbons (Fsp3) is 0.750. The van der Waals surface area contributed by atoms with Crippen molar-refractivity contribution in [3.05, 3.63) is 11.6 Å². The number of nitrogens with two attached hydrogens (primary N) is 1. The third kappa shape index (κ3) is 3.01. The number of halogens is 1. The summed E-state index contributed by atoms with van der Waals surface area (Å²) >= 11 is 1.69. The summed E-state index contributed by atoms with van der Waals surface area (Å²) in [6.45, 7) is 9.10. The Bertz CT molecular complexity index is 585. The molecule has 3 fully saturated rings. The molecule has 0 radical (unpaired) electrons. The first-order valence-corrected chi connectivity index (χ1v) is 9.29. The second-order valence-corrected chi connectivity index (χ2v) is 8.16. The molecule has 8 heteroatoms. The Morgan fingerprint density at radius 3 is 2.79 bits per heavy atom. The van der Waals surface area contributed by atoms with Crippen LogP contribution in [0.3, 0.4) is 0 Å². The number of guanidine groups is 1. The van der Waals surface area contributed by atoms with Gasteiger partial charge in [-0.3, -0.25) is 0 Å². The molecule has 2 aliphatic heterocycles. The number of fused-ring (bicyclic) bond motifs is 1. The standard InChI is InChI=1S/C16H25N5OS.HI/c1-16(2)12(11-3-9-22-13(11)16)19-14(17)20-5-7-21(8-6-20)15-18-4-10-23-15;/h4,10-13H,3,5-9H2,1-2H3,(H2,17,19);1H. The first-order valence-electron chi connectivity index (χ1n) is 8.41. The van der Waals surface area contributed by atoms with E-state index in [0.717, 1.165) is 44.3 Å². The zero-order valence-electron chi connectivity index (χ0n) is 14.2. The summed E-state index contributed by atoms with van der Waals surface area (Å²) in [7, 11) is 0. The number of aromatic nitrogens is 1. The SMILES string of the molecule is CC1(C)C(N=C(N)N2CCN(c3nccs3)CC2)C2CCOC21.I. The van der Waals surface area contributed by atoms with Crippen LogP contribution in [0.1, 0.15) is 20.3 Å². The maximum absolute atomic E-state index is 6.33. The Hall–Kier alpha value is -0.610. The molecule has 0 bridgehead atoms. The largest absolute Gasteiger partial charge is 0.377 e. The minimum absolute atomic E-state index is 0. The molecule has 3 unspecified atom stereocenters. The van der Waals surface area contributed by atoms with E-state index in [4.69, 9.17) is 15.5 Å². The molecule has 134 valence electrons. The lowest BCUT2D eigenvalue weighted by atomic mass is 9.57. The van der Waals surface area contributed by atoms with Crippen LogP contribution < -0.4 is 10.6 Å². The number of piperazine rings is 1. The fourth-order valence-electron chi connectivity index (χ4n) is 4.28. The van der Waals surface area contributed by atoms with Gasteiger partial charge in [-0.15, -0.1) is 35.3 Å². The van der Waals surface area contributed by atoms with Crippen LogP contribution in [0.2, 0.25) is 0 Å². The van der Waals surface area contributed by atoms with Crippen molar-refractivity contribution < 1.29 is 4.74 Å². The molecule has 1 aliphatic carbocycles. The molecule has 2 saturated heterocycles. The molecule has 0 amide bonds. The Morgan fingerprint density at radius 2 is 2.12 bits per heavy atom. The van der Waals surface area contributed by atoms with Crippen molar-refractivity contribution in [2.45, 2.75) is 32.4 Å². The van der Waals surface area contributed by atoms with Crippen LogP contribution in [-0.2, 0) is 4.74 Å². The molecule has 6 nitrogen and oxygen atoms in total. The number of rotatable bonds is 2. The van der Waals surface area contributed by atoms with Gasteiger partial charge < -0.3 is 20.3 Å². The quantitative estimate of drug-likeness (QED) is 0.413. The summed E-state index contributed by atoms with van der Waals surface area (Å²) in [5.41, 5.74) is 6.44. The number of thiazole rings is 1. The summed E-state index contributed by atoms with van der Waals surface area (Å²) in [4.78, 5) is 13.8. The normalized spacial score (nSPS) is 32.1. The number of hydrogen-bond acceptors (Lipinski definition) is 5. The van der Waals surface area contributed by atoms with Crippen molar-refractivity contribution >= 4 is 46.4 Å². The maximum Gasteiger partial charge on any atom is 0.191 e. The molecule has 3 aliphatic rings. The highest BCUT2D eigenvalue weighted by molar-refractivity contribution is 14.0. The Labute approximate surface area is 164 Å². The highest BCUT2D eigenvalue weighted by Gasteiger charge is 2.59. The van der Waals surface area contributed by atoms with Crippen LogP contribution in [0, 0.1) is 11.3 Å². The van der Waals surface area contributed by atoms with E-state index in [9.17, 15) is 0 Å². The Morgan fingerprint density at radius 1 is 1.38 bits per heavy atom. The van der Waals surface area contributed by atoms with Crippen molar-refractivity contribution in [1.82, 2.24) is 9.88 Å². The maximum atomic E-state index is 6.33. The lowest BCUT2D eigenvalue weighted by molar-refractivity contribution is -0.0988. The molecule has 4 rings (SSSR count). The third-order valence-electron chi connectivity index (χ3n) is 5.60. The first kappa shape index (κ1) is 18.2. The fourth-order valence-corrected chi connectivity index (χ4v) is 4.98. The van der Waals surface area contributed by atoms with E-state index < -0.39 is 0 Å². The smallest absolute Gasteiger partial charge is 0.191 e. The average Bonchev–Trinajstić information content (AvgIpc) is 3.23. The van der Waals surface area contributed by atoms with Crippen molar-refractivity contribution in [2.75, 3.05) is 37.7 Å². The van der Waals surface area contributed by atoms with Crippen LogP contribution in [0.15, 0.2) is 16.6 Å². The van der Waals surface area contributed by atoms with Gasteiger partial charge in [0.1, 0.15) is 0 Å². The van der Waals surface area contributed by atoms with E-state index in [1.807, 2.05) is 11.6 Å². The lowest BCUT2D eigenvalue weighted by Gasteiger charge is -2.52. The molecular weight excluding hydrogens is 437 g/mol. The van der Waals surface area contributed by atoms with Gasteiger partial charge in [0.15, 0.2) is 11.1 Å². The van der Waals surface area contributed by atoms with Crippen molar-refractivity contribution in [2.24, 2.45) is 22.1 Å². The topological polar surface area (TPSA) is 67.0 Å². The monoisotopic (exact) mass is 463 g/mol. The van der Waals surface area contributed by atoms with E-state index in [-0.39, 0.29) is 29.4 Å². The van der Waals surface area contributed by atoms with Gasteiger partial charge in [-0.25, -0.2) is 9.98 Å².